The highest BCUT2D eigenvalue weighted by molar-refractivity contribution is 6.02. The lowest BCUT2D eigenvalue weighted by atomic mass is 9.82. The molecule has 2 unspecified atom stereocenters. The number of benzene rings is 2. The molecule has 5 nitrogen and oxygen atoms in total. The van der Waals surface area contributed by atoms with Crippen molar-refractivity contribution >= 4 is 17.5 Å². The summed E-state index contributed by atoms with van der Waals surface area (Å²) >= 11 is 0. The highest BCUT2D eigenvalue weighted by Crippen LogP contribution is 2.33. The molecule has 1 aliphatic carbocycles. The lowest BCUT2D eigenvalue weighted by molar-refractivity contribution is -0.274. The second kappa shape index (κ2) is 8.01. The molecule has 2 aromatic rings. The zero-order valence-electron chi connectivity index (χ0n) is 16.1. The summed E-state index contributed by atoms with van der Waals surface area (Å²) in [6.45, 7) is 0.306. The van der Waals surface area contributed by atoms with Crippen molar-refractivity contribution in [1.82, 2.24) is 5.32 Å². The fourth-order valence-corrected chi connectivity index (χ4v) is 4.22. The Hall–Kier alpha value is -3.03. The van der Waals surface area contributed by atoms with Gasteiger partial charge in [-0.25, -0.2) is 0 Å². The predicted octanol–water partition coefficient (Wildman–Crippen LogP) is 3.93. The standard InChI is InChI=1S/C22H21F3N2O3/c23-22(24,25)30-16-8-4-7-15(13-16)27-12-11-19(21(27)29)26-20(28)18-10-3-6-14-5-1-2-9-17(14)18/h1-2,4-5,7-9,13,18-19H,3,6,10-12H2,(H,26,28). The number of alkyl halides is 3. The molecule has 1 aliphatic heterocycles. The van der Waals surface area contributed by atoms with Crippen LogP contribution in [0.25, 0.3) is 0 Å². The Kier molecular flexibility index (Phi) is 5.40. The highest BCUT2D eigenvalue weighted by Gasteiger charge is 2.37. The van der Waals surface area contributed by atoms with E-state index in [0.29, 0.717) is 18.7 Å². The number of anilines is 1. The van der Waals surface area contributed by atoms with Crippen LogP contribution in [0.3, 0.4) is 0 Å². The molecule has 30 heavy (non-hydrogen) atoms. The topological polar surface area (TPSA) is 58.6 Å². The molecule has 0 spiro atoms. The second-order valence-corrected chi connectivity index (χ2v) is 7.53. The molecular formula is C22H21F3N2O3. The number of carbonyl (C=O) groups excluding carboxylic acids is 2. The van der Waals surface area contributed by atoms with Gasteiger partial charge in [0.1, 0.15) is 11.8 Å². The number of nitrogens with zero attached hydrogens (tertiary/aromatic N) is 1. The van der Waals surface area contributed by atoms with Crippen molar-refractivity contribution in [3.63, 3.8) is 0 Å². The van der Waals surface area contributed by atoms with Gasteiger partial charge in [0.2, 0.25) is 11.8 Å². The van der Waals surface area contributed by atoms with Gasteiger partial charge >= 0.3 is 6.36 Å². The minimum Gasteiger partial charge on any atom is -0.406 e. The molecule has 158 valence electrons. The second-order valence-electron chi connectivity index (χ2n) is 7.53. The molecule has 1 N–H and O–H groups in total. The van der Waals surface area contributed by atoms with Crippen molar-refractivity contribution in [2.45, 2.75) is 44.0 Å². The van der Waals surface area contributed by atoms with Crippen molar-refractivity contribution in [2.75, 3.05) is 11.4 Å². The van der Waals surface area contributed by atoms with Crippen LogP contribution in [0.2, 0.25) is 0 Å². The number of nitrogens with one attached hydrogen (secondary N) is 1. The number of carbonyl (C=O) groups is 2. The van der Waals surface area contributed by atoms with E-state index in [1.807, 2.05) is 24.3 Å². The van der Waals surface area contributed by atoms with Gasteiger partial charge < -0.3 is 15.0 Å². The summed E-state index contributed by atoms with van der Waals surface area (Å²) in [5, 5.41) is 2.85. The SMILES string of the molecule is O=C(NC1CCN(c2cccc(OC(F)(F)F)c2)C1=O)C1CCCc2ccccc21. The molecule has 2 amide bonds. The number of amides is 2. The first kappa shape index (κ1) is 20.3. The Morgan fingerprint density at radius 2 is 1.90 bits per heavy atom. The number of ether oxygens (including phenoxy) is 1. The molecule has 8 heteroatoms. The molecule has 1 saturated heterocycles. The van der Waals surface area contributed by atoms with Gasteiger partial charge in [-0.1, -0.05) is 30.3 Å². The van der Waals surface area contributed by atoms with Crippen LogP contribution >= 0.6 is 0 Å². The third-order valence-electron chi connectivity index (χ3n) is 5.57. The van der Waals surface area contributed by atoms with Crippen LogP contribution in [0.1, 0.15) is 36.3 Å². The number of rotatable bonds is 4. The van der Waals surface area contributed by atoms with Crippen LogP contribution in [0.4, 0.5) is 18.9 Å². The summed E-state index contributed by atoms with van der Waals surface area (Å²) < 4.78 is 41.3. The van der Waals surface area contributed by atoms with Gasteiger partial charge in [-0.3, -0.25) is 9.59 Å². The predicted molar refractivity (Wildman–Crippen MR) is 104 cm³/mol. The van der Waals surface area contributed by atoms with Crippen molar-refractivity contribution < 1.29 is 27.5 Å². The van der Waals surface area contributed by atoms with Gasteiger partial charge in [-0.05, 0) is 48.9 Å². The summed E-state index contributed by atoms with van der Waals surface area (Å²) in [5.74, 6) is -1.20. The molecular weight excluding hydrogens is 397 g/mol. The van der Waals surface area contributed by atoms with Crippen LogP contribution < -0.4 is 15.0 Å². The van der Waals surface area contributed by atoms with Gasteiger partial charge in [0.05, 0.1) is 5.92 Å². The molecule has 2 aliphatic rings. The molecule has 1 fully saturated rings. The zero-order chi connectivity index (χ0) is 21.3. The van der Waals surface area contributed by atoms with Gasteiger partial charge in [0, 0.05) is 18.3 Å². The van der Waals surface area contributed by atoms with E-state index in [1.54, 1.807) is 6.07 Å². The highest BCUT2D eigenvalue weighted by atomic mass is 19.4. The van der Waals surface area contributed by atoms with E-state index in [4.69, 9.17) is 0 Å². The maximum Gasteiger partial charge on any atom is 0.573 e. The molecule has 0 saturated carbocycles. The minimum absolute atomic E-state index is 0.184. The normalized spacial score (nSPS) is 21.3. The Bertz CT molecular complexity index is 961. The van der Waals surface area contributed by atoms with Crippen molar-refractivity contribution in [3.05, 3.63) is 59.7 Å². The zero-order valence-corrected chi connectivity index (χ0v) is 16.1. The molecule has 4 rings (SSSR count). The number of halogens is 3. The van der Waals surface area contributed by atoms with Gasteiger partial charge in [0.15, 0.2) is 0 Å². The minimum atomic E-state index is -4.81. The van der Waals surface area contributed by atoms with Crippen LogP contribution in [-0.2, 0) is 16.0 Å². The molecule has 0 aromatic heterocycles. The van der Waals surface area contributed by atoms with E-state index in [1.165, 1.54) is 23.1 Å². The Morgan fingerprint density at radius 1 is 1.10 bits per heavy atom. The Balaban J connectivity index is 1.44. The number of fused-ring (bicyclic) bond motifs is 1. The largest absolute Gasteiger partial charge is 0.573 e. The average molecular weight is 418 g/mol. The quantitative estimate of drug-likeness (QED) is 0.819. The summed E-state index contributed by atoms with van der Waals surface area (Å²) in [6.07, 6.45) is -1.84. The molecule has 1 heterocycles. The summed E-state index contributed by atoms with van der Waals surface area (Å²) in [5.41, 5.74) is 2.46. The Labute approximate surface area is 171 Å². The molecule has 0 radical (unpaired) electrons. The number of hydrogen-bond donors (Lipinski definition) is 1. The van der Waals surface area contributed by atoms with Crippen LogP contribution in [-0.4, -0.2) is 30.8 Å². The van der Waals surface area contributed by atoms with E-state index in [-0.39, 0.29) is 23.5 Å². The first-order valence-corrected chi connectivity index (χ1v) is 9.87. The smallest absolute Gasteiger partial charge is 0.406 e. The third-order valence-corrected chi connectivity index (χ3v) is 5.57. The summed E-state index contributed by atoms with van der Waals surface area (Å²) in [6, 6.07) is 12.4. The van der Waals surface area contributed by atoms with Gasteiger partial charge in [-0.15, -0.1) is 13.2 Å². The van der Waals surface area contributed by atoms with Crippen molar-refractivity contribution in [3.8, 4) is 5.75 Å². The van der Waals surface area contributed by atoms with Gasteiger partial charge in [0.25, 0.3) is 0 Å². The maximum atomic E-state index is 12.9. The molecule has 2 aromatic carbocycles. The lowest BCUT2D eigenvalue weighted by Gasteiger charge is -2.26. The number of hydrogen-bond acceptors (Lipinski definition) is 3. The molecule has 2 atom stereocenters. The van der Waals surface area contributed by atoms with Crippen LogP contribution in [0.15, 0.2) is 48.5 Å². The lowest BCUT2D eigenvalue weighted by Crippen LogP contribution is -2.44. The van der Waals surface area contributed by atoms with Crippen LogP contribution in [0.5, 0.6) is 5.75 Å². The van der Waals surface area contributed by atoms with Crippen molar-refractivity contribution in [2.24, 2.45) is 0 Å². The fourth-order valence-electron chi connectivity index (χ4n) is 4.22. The summed E-state index contributed by atoms with van der Waals surface area (Å²) in [4.78, 5) is 27.1. The van der Waals surface area contributed by atoms with Gasteiger partial charge in [-0.2, -0.15) is 0 Å². The van der Waals surface area contributed by atoms with E-state index >= 15 is 0 Å². The first-order chi connectivity index (χ1) is 14.3. The Morgan fingerprint density at radius 3 is 2.70 bits per heavy atom. The maximum absolute atomic E-state index is 12.9. The fraction of sp³-hybridized carbons (Fsp3) is 0.364. The van der Waals surface area contributed by atoms with E-state index in [9.17, 15) is 22.8 Å². The van der Waals surface area contributed by atoms with E-state index in [2.05, 4.69) is 10.1 Å². The van der Waals surface area contributed by atoms with E-state index in [0.717, 1.165) is 30.4 Å². The third kappa shape index (κ3) is 4.27. The monoisotopic (exact) mass is 418 g/mol. The van der Waals surface area contributed by atoms with Crippen molar-refractivity contribution in [1.29, 1.82) is 0 Å². The number of aryl methyl sites for hydroxylation is 1. The average Bonchev–Trinajstić information content (AvgIpc) is 3.06. The van der Waals surface area contributed by atoms with E-state index < -0.39 is 12.4 Å². The molecule has 0 bridgehead atoms. The summed E-state index contributed by atoms with van der Waals surface area (Å²) in [7, 11) is 0. The van der Waals surface area contributed by atoms with Crippen LogP contribution in [0, 0.1) is 0 Å². The first-order valence-electron chi connectivity index (χ1n) is 9.87.